The summed E-state index contributed by atoms with van der Waals surface area (Å²) in [5, 5.41) is 11.4. The lowest BCUT2D eigenvalue weighted by Crippen LogP contribution is -2.53. The number of carbonyl (C=O) groups excluding carboxylic acids is 2. The molecule has 0 spiro atoms. The number of amides is 1. The third kappa shape index (κ3) is 5.21. The zero-order chi connectivity index (χ0) is 12.3. The number of carbonyl (C=O) groups is 2. The number of methoxy groups -OCH3 is 1. The average Bonchev–Trinajstić information content (AvgIpc) is 1.97. The molecule has 0 aromatic carbocycles. The summed E-state index contributed by atoms with van der Waals surface area (Å²) in [4.78, 5) is 22.2. The molecule has 6 heteroatoms. The monoisotopic (exact) mass is 219 g/mol. The van der Waals surface area contributed by atoms with E-state index in [2.05, 4.69) is 4.74 Å². The molecule has 0 fully saturated rings. The molecule has 0 saturated heterocycles. The van der Waals surface area contributed by atoms with Gasteiger partial charge in [0.15, 0.2) is 0 Å². The Bertz CT molecular complexity index is 254. The second-order valence-corrected chi connectivity index (χ2v) is 4.19. The summed E-state index contributed by atoms with van der Waals surface area (Å²) in [6.45, 7) is 6.10. The number of hydrogen-bond acceptors (Lipinski definition) is 5. The molecule has 88 valence electrons. The number of rotatable bonds is 2. The quantitative estimate of drug-likeness (QED) is 0.518. The summed E-state index contributed by atoms with van der Waals surface area (Å²) in [6.07, 6.45) is -0.891. The van der Waals surface area contributed by atoms with Crippen molar-refractivity contribution < 1.29 is 24.2 Å². The van der Waals surface area contributed by atoms with Gasteiger partial charge in [0.25, 0.3) is 0 Å². The van der Waals surface area contributed by atoms with Gasteiger partial charge in [0.2, 0.25) is 5.72 Å². The van der Waals surface area contributed by atoms with Crippen LogP contribution < -0.4 is 5.32 Å². The normalized spacial score (nSPS) is 15.1. The van der Waals surface area contributed by atoms with E-state index in [0.29, 0.717) is 0 Å². The third-order valence-electron chi connectivity index (χ3n) is 1.33. The Kier molecular flexibility index (Phi) is 4.09. The van der Waals surface area contributed by atoms with Gasteiger partial charge < -0.3 is 14.6 Å². The van der Waals surface area contributed by atoms with Gasteiger partial charge in [-0.3, -0.25) is 5.32 Å². The van der Waals surface area contributed by atoms with E-state index in [4.69, 9.17) is 4.74 Å². The van der Waals surface area contributed by atoms with Gasteiger partial charge in [-0.25, -0.2) is 9.59 Å². The van der Waals surface area contributed by atoms with Crippen LogP contribution in [0, 0.1) is 0 Å². The number of hydrogen-bond donors (Lipinski definition) is 2. The highest BCUT2D eigenvalue weighted by Gasteiger charge is 2.34. The molecule has 0 saturated carbocycles. The third-order valence-corrected chi connectivity index (χ3v) is 1.33. The predicted octanol–water partition coefficient (Wildman–Crippen LogP) is 0.393. The first kappa shape index (κ1) is 13.7. The van der Waals surface area contributed by atoms with Crippen LogP contribution in [0.3, 0.4) is 0 Å². The molecule has 0 aromatic heterocycles. The molecule has 0 rings (SSSR count). The van der Waals surface area contributed by atoms with Crippen molar-refractivity contribution in [2.24, 2.45) is 0 Å². The van der Waals surface area contributed by atoms with Crippen molar-refractivity contribution in [1.29, 1.82) is 0 Å². The lowest BCUT2D eigenvalue weighted by Gasteiger charge is -2.25. The zero-order valence-electron chi connectivity index (χ0n) is 9.58. The maximum Gasteiger partial charge on any atom is 0.410 e. The van der Waals surface area contributed by atoms with Crippen molar-refractivity contribution in [2.75, 3.05) is 7.11 Å². The molecule has 15 heavy (non-hydrogen) atoms. The van der Waals surface area contributed by atoms with Crippen LogP contribution in [-0.2, 0) is 14.3 Å². The average molecular weight is 219 g/mol. The van der Waals surface area contributed by atoms with Crippen LogP contribution in [0.4, 0.5) is 4.79 Å². The minimum atomic E-state index is -2.09. The molecule has 0 bridgehead atoms. The van der Waals surface area contributed by atoms with Crippen LogP contribution in [-0.4, -0.2) is 35.6 Å². The van der Waals surface area contributed by atoms with Crippen molar-refractivity contribution in [3.05, 3.63) is 0 Å². The van der Waals surface area contributed by atoms with Crippen LogP contribution >= 0.6 is 0 Å². The van der Waals surface area contributed by atoms with Crippen molar-refractivity contribution in [1.82, 2.24) is 5.32 Å². The second-order valence-electron chi connectivity index (χ2n) is 4.19. The van der Waals surface area contributed by atoms with Crippen LogP contribution in [0.2, 0.25) is 0 Å². The van der Waals surface area contributed by atoms with E-state index in [0.717, 1.165) is 14.0 Å². The van der Waals surface area contributed by atoms with Crippen molar-refractivity contribution in [3.63, 3.8) is 0 Å². The first-order valence-electron chi connectivity index (χ1n) is 4.40. The van der Waals surface area contributed by atoms with Crippen LogP contribution in [0.15, 0.2) is 0 Å². The molecule has 0 radical (unpaired) electrons. The van der Waals surface area contributed by atoms with E-state index >= 15 is 0 Å². The van der Waals surface area contributed by atoms with Crippen LogP contribution in [0.5, 0.6) is 0 Å². The Morgan fingerprint density at radius 3 is 2.00 bits per heavy atom. The molecule has 0 aliphatic rings. The van der Waals surface area contributed by atoms with E-state index in [1.54, 1.807) is 20.8 Å². The Hall–Kier alpha value is -1.30. The van der Waals surface area contributed by atoms with Crippen molar-refractivity contribution in [3.8, 4) is 0 Å². The van der Waals surface area contributed by atoms with Crippen LogP contribution in [0.25, 0.3) is 0 Å². The maximum absolute atomic E-state index is 11.2. The van der Waals surface area contributed by atoms with Crippen molar-refractivity contribution >= 4 is 12.1 Å². The van der Waals surface area contributed by atoms with Gasteiger partial charge in [0.05, 0.1) is 7.11 Å². The first-order chi connectivity index (χ1) is 6.58. The predicted molar refractivity (Wildman–Crippen MR) is 52.0 cm³/mol. The summed E-state index contributed by atoms with van der Waals surface area (Å²) in [5.74, 6) is -0.964. The van der Waals surface area contributed by atoms with E-state index in [9.17, 15) is 14.7 Å². The van der Waals surface area contributed by atoms with E-state index in [-0.39, 0.29) is 0 Å². The van der Waals surface area contributed by atoms with Gasteiger partial charge in [-0.1, -0.05) is 0 Å². The van der Waals surface area contributed by atoms with Gasteiger partial charge in [-0.2, -0.15) is 0 Å². The van der Waals surface area contributed by atoms with Crippen LogP contribution in [0.1, 0.15) is 27.7 Å². The smallest absolute Gasteiger partial charge is 0.410 e. The molecular weight excluding hydrogens is 202 g/mol. The van der Waals surface area contributed by atoms with Gasteiger partial charge in [-0.05, 0) is 27.7 Å². The largest absolute Gasteiger partial charge is 0.465 e. The number of alkyl carbamates (subject to hydrolysis) is 1. The lowest BCUT2D eigenvalue weighted by molar-refractivity contribution is -0.163. The molecule has 0 unspecified atom stereocenters. The highest BCUT2D eigenvalue weighted by Crippen LogP contribution is 2.08. The van der Waals surface area contributed by atoms with E-state index in [1.807, 2.05) is 5.32 Å². The summed E-state index contributed by atoms with van der Waals surface area (Å²) in [5.41, 5.74) is -2.78. The Labute approximate surface area is 88.6 Å². The Balaban J connectivity index is 4.35. The summed E-state index contributed by atoms with van der Waals surface area (Å²) >= 11 is 0. The summed E-state index contributed by atoms with van der Waals surface area (Å²) < 4.78 is 9.14. The summed E-state index contributed by atoms with van der Waals surface area (Å²) in [6, 6.07) is 0. The Morgan fingerprint density at radius 2 is 1.67 bits per heavy atom. The molecule has 0 aromatic rings. The SMILES string of the molecule is COC(=O)[C@](C)(O)NC(=O)OC(C)(C)C. The van der Waals surface area contributed by atoms with E-state index < -0.39 is 23.4 Å². The second kappa shape index (κ2) is 4.48. The molecule has 0 aliphatic carbocycles. The topological polar surface area (TPSA) is 84.9 Å². The minimum absolute atomic E-state index is 0.698. The van der Waals surface area contributed by atoms with Gasteiger partial charge in [0.1, 0.15) is 5.60 Å². The first-order valence-corrected chi connectivity index (χ1v) is 4.40. The van der Waals surface area contributed by atoms with Gasteiger partial charge in [-0.15, -0.1) is 0 Å². The fourth-order valence-corrected chi connectivity index (χ4v) is 0.752. The molecule has 2 N–H and O–H groups in total. The zero-order valence-corrected chi connectivity index (χ0v) is 9.58. The highest BCUT2D eigenvalue weighted by molar-refractivity contribution is 5.83. The fraction of sp³-hybridized carbons (Fsp3) is 0.778. The lowest BCUT2D eigenvalue weighted by atomic mass is 10.2. The minimum Gasteiger partial charge on any atom is -0.465 e. The molecule has 1 atom stereocenters. The van der Waals surface area contributed by atoms with Gasteiger partial charge in [0, 0.05) is 0 Å². The molecule has 0 heterocycles. The Morgan fingerprint density at radius 1 is 1.20 bits per heavy atom. The molecule has 0 aliphatic heterocycles. The summed E-state index contributed by atoms with van der Waals surface area (Å²) in [7, 11) is 1.10. The molecular formula is C9H17NO5. The highest BCUT2D eigenvalue weighted by atomic mass is 16.6. The molecule has 1 amide bonds. The maximum atomic E-state index is 11.2. The number of nitrogens with one attached hydrogen (secondary N) is 1. The molecule has 6 nitrogen and oxygen atoms in total. The standard InChI is InChI=1S/C9H17NO5/c1-8(2,3)15-7(12)10-9(4,13)6(11)14-5/h13H,1-5H3,(H,10,12)/t9-/m0/s1. The van der Waals surface area contributed by atoms with E-state index in [1.165, 1.54) is 0 Å². The number of esters is 1. The number of ether oxygens (including phenoxy) is 2. The fourth-order valence-electron chi connectivity index (χ4n) is 0.752. The van der Waals surface area contributed by atoms with Crippen molar-refractivity contribution in [2.45, 2.75) is 39.0 Å². The van der Waals surface area contributed by atoms with Gasteiger partial charge >= 0.3 is 12.1 Å². The number of aliphatic hydroxyl groups is 1.